The molecule has 1 aliphatic heterocycles. The van der Waals surface area contributed by atoms with Gasteiger partial charge in [0.1, 0.15) is 6.04 Å². The van der Waals surface area contributed by atoms with Crippen LogP contribution in [0.2, 0.25) is 0 Å². The SMILES string of the molecule is CC(C)CC(=O)N1Cc2ccccc2CC1C(=O)NCCN(C)c1ccccc1. The first kappa shape index (κ1) is 20.9. The minimum atomic E-state index is -0.446. The van der Waals surface area contributed by atoms with Gasteiger partial charge >= 0.3 is 0 Å². The van der Waals surface area contributed by atoms with Gasteiger partial charge in [-0.05, 0) is 29.2 Å². The number of nitrogens with one attached hydrogen (secondary N) is 1. The molecule has 2 amide bonds. The standard InChI is InChI=1S/C24H31N3O2/c1-18(2)15-23(28)27-17-20-10-8-7-9-19(20)16-22(27)24(29)25-13-14-26(3)21-11-5-4-6-12-21/h4-12,18,22H,13-17H2,1-3H3,(H,25,29). The first-order valence-corrected chi connectivity index (χ1v) is 10.4. The van der Waals surface area contributed by atoms with Crippen molar-refractivity contribution in [3.63, 3.8) is 0 Å². The van der Waals surface area contributed by atoms with Crippen molar-refractivity contribution in [3.8, 4) is 0 Å². The van der Waals surface area contributed by atoms with Crippen molar-refractivity contribution in [2.45, 2.75) is 39.3 Å². The molecule has 1 atom stereocenters. The van der Waals surface area contributed by atoms with E-state index in [4.69, 9.17) is 0 Å². The van der Waals surface area contributed by atoms with Crippen LogP contribution in [0.25, 0.3) is 0 Å². The lowest BCUT2D eigenvalue weighted by Gasteiger charge is -2.36. The van der Waals surface area contributed by atoms with Crippen LogP contribution in [0.15, 0.2) is 54.6 Å². The second-order valence-electron chi connectivity index (χ2n) is 8.16. The summed E-state index contributed by atoms with van der Waals surface area (Å²) in [4.78, 5) is 29.7. The molecule has 0 aromatic heterocycles. The number of carbonyl (C=O) groups excluding carboxylic acids is 2. The fraction of sp³-hybridized carbons (Fsp3) is 0.417. The average Bonchev–Trinajstić information content (AvgIpc) is 2.72. The smallest absolute Gasteiger partial charge is 0.243 e. The van der Waals surface area contributed by atoms with Gasteiger partial charge in [0.25, 0.3) is 0 Å². The third kappa shape index (κ3) is 5.37. The molecule has 2 aromatic carbocycles. The summed E-state index contributed by atoms with van der Waals surface area (Å²) in [5, 5.41) is 3.05. The number of amides is 2. The molecular formula is C24H31N3O2. The molecule has 0 spiro atoms. The van der Waals surface area contributed by atoms with E-state index in [1.165, 1.54) is 0 Å². The number of para-hydroxylation sites is 1. The highest BCUT2D eigenvalue weighted by atomic mass is 16.2. The fourth-order valence-electron chi connectivity index (χ4n) is 3.76. The summed E-state index contributed by atoms with van der Waals surface area (Å²) in [6, 6.07) is 17.7. The molecule has 1 unspecified atom stereocenters. The fourth-order valence-corrected chi connectivity index (χ4v) is 3.76. The maximum Gasteiger partial charge on any atom is 0.243 e. The molecule has 3 rings (SSSR count). The van der Waals surface area contributed by atoms with Crippen molar-refractivity contribution < 1.29 is 9.59 Å². The van der Waals surface area contributed by atoms with Gasteiger partial charge in [0, 0.05) is 45.2 Å². The Morgan fingerprint density at radius 1 is 1.07 bits per heavy atom. The quantitative estimate of drug-likeness (QED) is 0.786. The third-order valence-corrected chi connectivity index (χ3v) is 5.40. The summed E-state index contributed by atoms with van der Waals surface area (Å²) in [6.07, 6.45) is 1.03. The molecule has 5 nitrogen and oxygen atoms in total. The Kier molecular flexibility index (Phi) is 6.91. The normalized spacial score (nSPS) is 15.7. The number of anilines is 1. The van der Waals surface area contributed by atoms with E-state index in [1.54, 1.807) is 4.90 Å². The number of hydrogen-bond donors (Lipinski definition) is 1. The minimum absolute atomic E-state index is 0.0519. The summed E-state index contributed by atoms with van der Waals surface area (Å²) in [6.45, 7) is 5.81. The van der Waals surface area contributed by atoms with Crippen LogP contribution in [0.3, 0.4) is 0 Å². The summed E-state index contributed by atoms with van der Waals surface area (Å²) in [5.41, 5.74) is 3.40. The van der Waals surface area contributed by atoms with E-state index in [1.807, 2.05) is 69.4 Å². The number of hydrogen-bond acceptors (Lipinski definition) is 3. The van der Waals surface area contributed by atoms with Gasteiger partial charge in [-0.2, -0.15) is 0 Å². The number of rotatable bonds is 7. The predicted molar refractivity (Wildman–Crippen MR) is 117 cm³/mol. The van der Waals surface area contributed by atoms with Gasteiger partial charge < -0.3 is 15.1 Å². The molecule has 0 saturated carbocycles. The second-order valence-corrected chi connectivity index (χ2v) is 8.16. The van der Waals surface area contributed by atoms with E-state index in [0.29, 0.717) is 32.5 Å². The molecule has 154 valence electrons. The Bertz CT molecular complexity index is 835. The van der Waals surface area contributed by atoms with E-state index in [-0.39, 0.29) is 17.7 Å². The summed E-state index contributed by atoms with van der Waals surface area (Å²) in [7, 11) is 2.01. The highest BCUT2D eigenvalue weighted by Crippen LogP contribution is 2.25. The van der Waals surface area contributed by atoms with Crippen molar-refractivity contribution >= 4 is 17.5 Å². The topological polar surface area (TPSA) is 52.7 Å². The molecule has 0 bridgehead atoms. The Hall–Kier alpha value is -2.82. The number of fused-ring (bicyclic) bond motifs is 1. The first-order valence-electron chi connectivity index (χ1n) is 10.4. The summed E-state index contributed by atoms with van der Waals surface area (Å²) < 4.78 is 0. The van der Waals surface area contributed by atoms with E-state index in [9.17, 15) is 9.59 Å². The van der Waals surface area contributed by atoms with Crippen LogP contribution in [0.5, 0.6) is 0 Å². The first-order chi connectivity index (χ1) is 14.0. The van der Waals surface area contributed by atoms with E-state index in [2.05, 4.69) is 16.3 Å². The number of nitrogens with zero attached hydrogens (tertiary/aromatic N) is 2. The number of carbonyl (C=O) groups is 2. The summed E-state index contributed by atoms with van der Waals surface area (Å²) in [5.74, 6) is 0.247. The van der Waals surface area contributed by atoms with E-state index in [0.717, 1.165) is 16.8 Å². The lowest BCUT2D eigenvalue weighted by molar-refractivity contribution is -0.142. The molecule has 2 aromatic rings. The predicted octanol–water partition coefficient (Wildman–Crippen LogP) is 3.24. The van der Waals surface area contributed by atoms with Crippen LogP contribution in [-0.4, -0.2) is 42.9 Å². The Morgan fingerprint density at radius 3 is 2.41 bits per heavy atom. The maximum absolute atomic E-state index is 13.0. The molecule has 1 aliphatic rings. The molecular weight excluding hydrogens is 362 g/mol. The average molecular weight is 394 g/mol. The molecule has 0 saturated heterocycles. The van der Waals surface area contributed by atoms with Gasteiger partial charge in [0.05, 0.1) is 0 Å². The van der Waals surface area contributed by atoms with Crippen LogP contribution < -0.4 is 10.2 Å². The van der Waals surface area contributed by atoms with Gasteiger partial charge in [-0.25, -0.2) is 0 Å². The van der Waals surface area contributed by atoms with Gasteiger partial charge in [-0.15, -0.1) is 0 Å². The number of likely N-dealkylation sites (N-methyl/N-ethyl adjacent to an activating group) is 1. The Labute approximate surface area is 173 Å². The molecule has 0 aliphatic carbocycles. The van der Waals surface area contributed by atoms with E-state index >= 15 is 0 Å². The van der Waals surface area contributed by atoms with Crippen molar-refractivity contribution in [1.29, 1.82) is 0 Å². The highest BCUT2D eigenvalue weighted by Gasteiger charge is 2.34. The minimum Gasteiger partial charge on any atom is -0.373 e. The van der Waals surface area contributed by atoms with Crippen LogP contribution in [-0.2, 0) is 22.6 Å². The van der Waals surface area contributed by atoms with Crippen LogP contribution in [0.1, 0.15) is 31.4 Å². The zero-order valence-corrected chi connectivity index (χ0v) is 17.6. The molecule has 1 heterocycles. The zero-order valence-electron chi connectivity index (χ0n) is 17.6. The molecule has 1 N–H and O–H groups in total. The maximum atomic E-state index is 13.0. The van der Waals surface area contributed by atoms with Crippen LogP contribution in [0, 0.1) is 5.92 Å². The van der Waals surface area contributed by atoms with E-state index < -0.39 is 6.04 Å². The van der Waals surface area contributed by atoms with Crippen molar-refractivity contribution in [2.75, 3.05) is 25.0 Å². The molecule has 5 heteroatoms. The van der Waals surface area contributed by atoms with Crippen LogP contribution in [0.4, 0.5) is 5.69 Å². The lowest BCUT2D eigenvalue weighted by Crippen LogP contribution is -2.53. The largest absolute Gasteiger partial charge is 0.373 e. The highest BCUT2D eigenvalue weighted by molar-refractivity contribution is 5.88. The van der Waals surface area contributed by atoms with Gasteiger partial charge in [0.2, 0.25) is 11.8 Å². The third-order valence-electron chi connectivity index (χ3n) is 5.40. The summed E-state index contributed by atoms with van der Waals surface area (Å²) >= 11 is 0. The molecule has 0 radical (unpaired) electrons. The van der Waals surface area contributed by atoms with Gasteiger partial charge in [-0.3, -0.25) is 9.59 Å². The monoisotopic (exact) mass is 393 g/mol. The second kappa shape index (κ2) is 9.59. The van der Waals surface area contributed by atoms with Gasteiger partial charge in [-0.1, -0.05) is 56.3 Å². The van der Waals surface area contributed by atoms with Crippen molar-refractivity contribution in [3.05, 3.63) is 65.7 Å². The zero-order chi connectivity index (χ0) is 20.8. The lowest BCUT2D eigenvalue weighted by atomic mass is 9.92. The van der Waals surface area contributed by atoms with Crippen LogP contribution >= 0.6 is 0 Å². The number of benzene rings is 2. The van der Waals surface area contributed by atoms with Crippen molar-refractivity contribution in [1.82, 2.24) is 10.2 Å². The Balaban J connectivity index is 1.65. The van der Waals surface area contributed by atoms with Gasteiger partial charge in [0.15, 0.2) is 0 Å². The molecule has 0 fully saturated rings. The molecule has 29 heavy (non-hydrogen) atoms. The Morgan fingerprint density at radius 2 is 1.72 bits per heavy atom. The van der Waals surface area contributed by atoms with Crippen molar-refractivity contribution in [2.24, 2.45) is 5.92 Å².